The van der Waals surface area contributed by atoms with Gasteiger partial charge in [-0.05, 0) is 60.8 Å². The normalized spacial score (nSPS) is 22.8. The Labute approximate surface area is 162 Å². The minimum atomic E-state index is 0.156. The highest BCUT2D eigenvalue weighted by molar-refractivity contribution is 6.30. The van der Waals surface area contributed by atoms with Gasteiger partial charge in [0.15, 0.2) is 0 Å². The van der Waals surface area contributed by atoms with Crippen molar-refractivity contribution in [2.75, 3.05) is 6.54 Å². The fourth-order valence-electron chi connectivity index (χ4n) is 4.20. The van der Waals surface area contributed by atoms with Gasteiger partial charge >= 0.3 is 0 Å². The van der Waals surface area contributed by atoms with Crippen molar-refractivity contribution in [2.24, 2.45) is 0 Å². The van der Waals surface area contributed by atoms with Crippen LogP contribution in [0.15, 0.2) is 54.6 Å². The van der Waals surface area contributed by atoms with Crippen molar-refractivity contribution >= 4 is 17.5 Å². The second-order valence-corrected chi connectivity index (χ2v) is 8.19. The molecule has 0 bridgehead atoms. The maximum Gasteiger partial charge on any atom is 0.219 e. The van der Waals surface area contributed by atoms with Gasteiger partial charge in [-0.15, -0.1) is 0 Å². The van der Waals surface area contributed by atoms with Gasteiger partial charge in [0.05, 0.1) is 0 Å². The molecule has 1 aliphatic carbocycles. The molecule has 0 unspecified atom stereocenters. The Hall–Kier alpha value is -1.80. The average molecular weight is 370 g/mol. The van der Waals surface area contributed by atoms with Gasteiger partial charge in [0.25, 0.3) is 0 Å². The molecule has 2 aromatic carbocycles. The van der Waals surface area contributed by atoms with E-state index in [0.717, 1.165) is 43.7 Å². The van der Waals surface area contributed by atoms with Gasteiger partial charge < -0.3 is 4.90 Å². The zero-order chi connectivity index (χ0) is 18.6. The lowest BCUT2D eigenvalue weighted by molar-refractivity contribution is -0.132. The Balaban J connectivity index is 1.63. The van der Waals surface area contributed by atoms with Gasteiger partial charge in [0.1, 0.15) is 0 Å². The van der Waals surface area contributed by atoms with Crippen LogP contribution in [-0.2, 0) is 16.6 Å². The number of benzene rings is 2. The van der Waals surface area contributed by atoms with E-state index in [2.05, 4.69) is 48.2 Å². The Morgan fingerprint density at radius 2 is 1.81 bits per heavy atom. The molecule has 138 valence electrons. The molecule has 0 aromatic heterocycles. The van der Waals surface area contributed by atoms with Crippen molar-refractivity contribution in [2.45, 2.75) is 57.4 Å². The second-order valence-electron chi connectivity index (χ2n) is 7.75. The van der Waals surface area contributed by atoms with Crippen molar-refractivity contribution in [3.05, 3.63) is 70.7 Å². The monoisotopic (exact) mass is 369 g/mol. The zero-order valence-electron chi connectivity index (χ0n) is 15.7. The molecule has 0 radical (unpaired) electrons. The third-order valence-corrected chi connectivity index (χ3v) is 6.14. The predicted molar refractivity (Wildman–Crippen MR) is 109 cm³/mol. The van der Waals surface area contributed by atoms with Crippen LogP contribution in [0.4, 0.5) is 0 Å². The number of carbonyl (C=O) groups excluding carboxylic acids is 1. The van der Waals surface area contributed by atoms with Gasteiger partial charge in [-0.2, -0.15) is 0 Å². The fraction of sp³-hybridized carbons (Fsp3) is 0.435. The molecule has 1 aliphatic rings. The van der Waals surface area contributed by atoms with Crippen LogP contribution in [0.1, 0.15) is 50.7 Å². The Morgan fingerprint density at radius 1 is 1.12 bits per heavy atom. The minimum absolute atomic E-state index is 0.156. The lowest BCUT2D eigenvalue weighted by Gasteiger charge is -2.42. The number of rotatable bonds is 5. The largest absolute Gasteiger partial charge is 0.340 e. The third-order valence-electron chi connectivity index (χ3n) is 5.91. The van der Waals surface area contributed by atoms with Crippen LogP contribution in [-0.4, -0.2) is 23.4 Å². The molecule has 2 aromatic rings. The predicted octanol–water partition coefficient (Wildman–Crippen LogP) is 5.63. The number of hydrogen-bond acceptors (Lipinski definition) is 1. The molecule has 1 fully saturated rings. The molecular formula is C23H28ClNO. The summed E-state index contributed by atoms with van der Waals surface area (Å²) in [5.74, 6) is 0.192. The summed E-state index contributed by atoms with van der Waals surface area (Å²) in [5, 5.41) is 0.805. The van der Waals surface area contributed by atoms with Crippen LogP contribution in [0.25, 0.3) is 0 Å². The highest BCUT2D eigenvalue weighted by Crippen LogP contribution is 2.41. The topological polar surface area (TPSA) is 20.3 Å². The molecule has 0 aliphatic heterocycles. The first-order valence-electron chi connectivity index (χ1n) is 9.55. The highest BCUT2D eigenvalue weighted by atomic mass is 35.5. The Bertz CT molecular complexity index is 735. The number of amides is 1. The summed E-state index contributed by atoms with van der Waals surface area (Å²) in [6.45, 7) is 4.84. The minimum Gasteiger partial charge on any atom is -0.340 e. The van der Waals surface area contributed by atoms with Crippen molar-refractivity contribution in [3.8, 4) is 0 Å². The summed E-state index contributed by atoms with van der Waals surface area (Å²) in [5.41, 5.74) is 2.77. The highest BCUT2D eigenvalue weighted by Gasteiger charge is 2.35. The summed E-state index contributed by atoms with van der Waals surface area (Å²) in [4.78, 5) is 14.3. The maximum absolute atomic E-state index is 12.2. The van der Waals surface area contributed by atoms with Gasteiger partial charge in [0.2, 0.25) is 5.91 Å². The lowest BCUT2D eigenvalue weighted by atomic mass is 9.69. The molecule has 1 saturated carbocycles. The zero-order valence-corrected chi connectivity index (χ0v) is 16.5. The van der Waals surface area contributed by atoms with Gasteiger partial charge in [-0.1, -0.05) is 61.0 Å². The molecule has 0 heterocycles. The van der Waals surface area contributed by atoms with Crippen molar-refractivity contribution in [3.63, 3.8) is 0 Å². The standard InChI is InChI=1S/C23H28ClNO/c1-18(26)25(16-13-19-7-4-3-5-8-19)22-11-14-23(2,15-12-22)20-9-6-10-21(24)17-20/h3-10,17,22H,11-16H2,1-2H3. The molecule has 26 heavy (non-hydrogen) atoms. The van der Waals surface area contributed by atoms with E-state index in [-0.39, 0.29) is 11.3 Å². The Kier molecular flexibility index (Phi) is 6.03. The summed E-state index contributed by atoms with van der Waals surface area (Å²) in [6, 6.07) is 19.0. The third kappa shape index (κ3) is 4.48. The van der Waals surface area contributed by atoms with Crippen molar-refractivity contribution < 1.29 is 4.79 Å². The van der Waals surface area contributed by atoms with Gasteiger partial charge in [-0.3, -0.25) is 4.79 Å². The first-order chi connectivity index (χ1) is 12.5. The molecule has 3 heteroatoms. The van der Waals surface area contributed by atoms with Gasteiger partial charge in [0, 0.05) is 24.5 Å². The van der Waals surface area contributed by atoms with E-state index < -0.39 is 0 Å². The summed E-state index contributed by atoms with van der Waals surface area (Å²) >= 11 is 6.19. The molecule has 0 N–H and O–H groups in total. The van der Waals surface area contributed by atoms with E-state index in [1.54, 1.807) is 6.92 Å². The number of halogens is 1. The van der Waals surface area contributed by atoms with Crippen LogP contribution in [0, 0.1) is 0 Å². The quantitative estimate of drug-likeness (QED) is 0.668. The number of hydrogen-bond donors (Lipinski definition) is 0. The van der Waals surface area contributed by atoms with E-state index in [4.69, 9.17) is 11.6 Å². The molecule has 2 nitrogen and oxygen atoms in total. The second kappa shape index (κ2) is 8.26. The van der Waals surface area contributed by atoms with Crippen LogP contribution in [0.2, 0.25) is 5.02 Å². The molecular weight excluding hydrogens is 342 g/mol. The smallest absolute Gasteiger partial charge is 0.219 e. The maximum atomic E-state index is 12.2. The van der Waals surface area contributed by atoms with E-state index >= 15 is 0 Å². The van der Waals surface area contributed by atoms with E-state index in [9.17, 15) is 4.79 Å². The number of nitrogens with zero attached hydrogens (tertiary/aromatic N) is 1. The molecule has 3 rings (SSSR count). The number of carbonyl (C=O) groups is 1. The summed E-state index contributed by atoms with van der Waals surface area (Å²) in [6.07, 6.45) is 5.21. The van der Waals surface area contributed by atoms with Crippen molar-refractivity contribution in [1.29, 1.82) is 0 Å². The molecule has 0 saturated heterocycles. The summed E-state index contributed by atoms with van der Waals surface area (Å²) in [7, 11) is 0. The lowest BCUT2D eigenvalue weighted by Crippen LogP contribution is -2.44. The van der Waals surface area contributed by atoms with Gasteiger partial charge in [-0.25, -0.2) is 0 Å². The average Bonchev–Trinajstić information content (AvgIpc) is 2.64. The van der Waals surface area contributed by atoms with Crippen LogP contribution in [0.3, 0.4) is 0 Å². The van der Waals surface area contributed by atoms with E-state index in [1.807, 2.05) is 18.2 Å². The molecule has 1 amide bonds. The SMILES string of the molecule is CC(=O)N(CCc1ccccc1)C1CCC(C)(c2cccc(Cl)c2)CC1. The fourth-order valence-corrected chi connectivity index (χ4v) is 4.39. The van der Waals surface area contributed by atoms with E-state index in [0.29, 0.717) is 6.04 Å². The first-order valence-corrected chi connectivity index (χ1v) is 9.93. The van der Waals surface area contributed by atoms with Crippen LogP contribution in [0.5, 0.6) is 0 Å². The molecule has 0 atom stereocenters. The Morgan fingerprint density at radius 3 is 2.42 bits per heavy atom. The van der Waals surface area contributed by atoms with Crippen LogP contribution >= 0.6 is 11.6 Å². The molecule has 0 spiro atoms. The summed E-state index contributed by atoms with van der Waals surface area (Å²) < 4.78 is 0. The van der Waals surface area contributed by atoms with Crippen molar-refractivity contribution in [1.82, 2.24) is 4.90 Å². The van der Waals surface area contributed by atoms with E-state index in [1.165, 1.54) is 11.1 Å². The first kappa shape index (κ1) is 19.0. The van der Waals surface area contributed by atoms with Crippen LogP contribution < -0.4 is 0 Å².